The minimum absolute atomic E-state index is 0.115. The smallest absolute Gasteiger partial charge is 0.417 e. The number of carbonyl (C=O) groups is 2. The average Bonchev–Trinajstić information content (AvgIpc) is 3.24. The molecule has 1 aliphatic heterocycles. The molecule has 6 heteroatoms. The van der Waals surface area contributed by atoms with Crippen LogP contribution < -0.4 is 0 Å². The number of hydrogen-bond donors (Lipinski definition) is 1. The van der Waals surface area contributed by atoms with Gasteiger partial charge >= 0.3 is 6.09 Å². The minimum atomic E-state index is -1.31. The SMILES string of the molecule is C=C(C(=O)N1C(=O)OC[C@@H]1Cc1ccccc1)[C@H](O)c1ccco1. The standard InChI is InChI=1S/C18H17NO5/c1-12(16(20)15-8-5-9-23-15)17(21)19-14(11-24-18(19)22)10-13-6-3-2-4-7-13/h2-9,14,16,20H,1,10-11H2/t14-,16-/m0/s1. The lowest BCUT2D eigenvalue weighted by atomic mass is 10.0. The van der Waals surface area contributed by atoms with E-state index in [0.29, 0.717) is 6.42 Å². The molecule has 1 aliphatic rings. The van der Waals surface area contributed by atoms with Crippen molar-refractivity contribution < 1.29 is 23.8 Å². The Hall–Kier alpha value is -2.86. The molecule has 1 aromatic heterocycles. The van der Waals surface area contributed by atoms with Crippen LogP contribution in [0, 0.1) is 0 Å². The fraction of sp³-hybridized carbons (Fsp3) is 0.222. The summed E-state index contributed by atoms with van der Waals surface area (Å²) in [5, 5.41) is 10.2. The second-order valence-corrected chi connectivity index (χ2v) is 5.54. The molecule has 2 aromatic rings. The van der Waals surface area contributed by atoms with Crippen molar-refractivity contribution >= 4 is 12.0 Å². The first-order chi connectivity index (χ1) is 11.6. The van der Waals surface area contributed by atoms with Crippen molar-refractivity contribution in [3.05, 3.63) is 72.2 Å². The summed E-state index contributed by atoms with van der Waals surface area (Å²) < 4.78 is 10.1. The number of aliphatic hydroxyl groups excluding tert-OH is 1. The second-order valence-electron chi connectivity index (χ2n) is 5.54. The summed E-state index contributed by atoms with van der Waals surface area (Å²) in [6, 6.07) is 12.2. The van der Waals surface area contributed by atoms with Gasteiger partial charge in [-0.05, 0) is 24.1 Å². The van der Waals surface area contributed by atoms with E-state index in [9.17, 15) is 14.7 Å². The summed E-state index contributed by atoms with van der Waals surface area (Å²) in [4.78, 5) is 25.6. The molecule has 1 fully saturated rings. The Morgan fingerprint density at radius 1 is 1.29 bits per heavy atom. The van der Waals surface area contributed by atoms with Crippen LogP contribution >= 0.6 is 0 Å². The minimum Gasteiger partial charge on any atom is -0.466 e. The molecule has 0 bridgehead atoms. The first kappa shape index (κ1) is 16.0. The highest BCUT2D eigenvalue weighted by Gasteiger charge is 2.40. The number of nitrogens with zero attached hydrogens (tertiary/aromatic N) is 1. The molecule has 2 amide bonds. The normalized spacial score (nSPS) is 18.3. The summed E-state index contributed by atoms with van der Waals surface area (Å²) in [6.07, 6.45) is -0.173. The molecule has 2 heterocycles. The van der Waals surface area contributed by atoms with Gasteiger partial charge in [0.2, 0.25) is 0 Å². The highest BCUT2D eigenvalue weighted by molar-refractivity contribution is 6.03. The zero-order chi connectivity index (χ0) is 17.1. The molecule has 124 valence electrons. The van der Waals surface area contributed by atoms with Crippen molar-refractivity contribution in [1.29, 1.82) is 0 Å². The molecule has 0 unspecified atom stereocenters. The molecule has 2 atom stereocenters. The largest absolute Gasteiger partial charge is 0.466 e. The van der Waals surface area contributed by atoms with Gasteiger partial charge in [-0.1, -0.05) is 36.9 Å². The molecule has 0 saturated carbocycles. The number of furan rings is 1. The van der Waals surface area contributed by atoms with Gasteiger partial charge in [0.25, 0.3) is 5.91 Å². The summed E-state index contributed by atoms with van der Waals surface area (Å²) in [5.74, 6) is -0.470. The topological polar surface area (TPSA) is 80.0 Å². The van der Waals surface area contributed by atoms with E-state index in [1.807, 2.05) is 30.3 Å². The molecular weight excluding hydrogens is 310 g/mol. The summed E-state index contributed by atoms with van der Waals surface area (Å²) >= 11 is 0. The predicted molar refractivity (Wildman–Crippen MR) is 84.9 cm³/mol. The van der Waals surface area contributed by atoms with Crippen molar-refractivity contribution in [2.24, 2.45) is 0 Å². The Bertz CT molecular complexity index is 738. The predicted octanol–water partition coefficient (Wildman–Crippen LogP) is 2.46. The molecule has 0 aliphatic carbocycles. The Labute approximate surface area is 138 Å². The first-order valence-corrected chi connectivity index (χ1v) is 7.52. The van der Waals surface area contributed by atoms with Gasteiger partial charge in [0.05, 0.1) is 12.3 Å². The van der Waals surface area contributed by atoms with Crippen LogP contribution in [0.4, 0.5) is 4.79 Å². The monoisotopic (exact) mass is 327 g/mol. The van der Waals surface area contributed by atoms with Crippen LogP contribution in [0.5, 0.6) is 0 Å². The third-order valence-corrected chi connectivity index (χ3v) is 3.91. The second kappa shape index (κ2) is 6.72. The molecule has 0 spiro atoms. The van der Waals surface area contributed by atoms with Crippen LogP contribution in [0.15, 0.2) is 65.3 Å². The van der Waals surface area contributed by atoms with E-state index in [0.717, 1.165) is 10.5 Å². The van der Waals surface area contributed by atoms with Crippen molar-refractivity contribution in [3.8, 4) is 0 Å². The van der Waals surface area contributed by atoms with Crippen molar-refractivity contribution in [3.63, 3.8) is 0 Å². The van der Waals surface area contributed by atoms with Crippen molar-refractivity contribution in [1.82, 2.24) is 4.90 Å². The Kier molecular flexibility index (Phi) is 4.48. The van der Waals surface area contributed by atoms with Gasteiger partial charge in [-0.15, -0.1) is 0 Å². The number of rotatable bonds is 5. The Morgan fingerprint density at radius 2 is 2.04 bits per heavy atom. The van der Waals surface area contributed by atoms with Crippen LogP contribution in [0.1, 0.15) is 17.4 Å². The molecule has 0 radical (unpaired) electrons. The molecule has 1 saturated heterocycles. The zero-order valence-corrected chi connectivity index (χ0v) is 12.9. The lowest BCUT2D eigenvalue weighted by Crippen LogP contribution is -2.41. The van der Waals surface area contributed by atoms with Gasteiger partial charge in [-0.25, -0.2) is 9.69 Å². The number of aliphatic hydroxyl groups is 1. The van der Waals surface area contributed by atoms with Crippen LogP contribution in [-0.2, 0) is 16.0 Å². The molecular formula is C18H17NO5. The maximum atomic E-state index is 12.6. The number of carbonyl (C=O) groups excluding carboxylic acids is 2. The van der Waals surface area contributed by atoms with E-state index in [-0.39, 0.29) is 17.9 Å². The van der Waals surface area contributed by atoms with Gasteiger partial charge in [-0.2, -0.15) is 0 Å². The molecule has 3 rings (SSSR count). The summed E-state index contributed by atoms with van der Waals surface area (Å²) in [7, 11) is 0. The third kappa shape index (κ3) is 3.09. The molecule has 1 N–H and O–H groups in total. The van der Waals surface area contributed by atoms with E-state index < -0.39 is 24.1 Å². The molecule has 24 heavy (non-hydrogen) atoms. The number of imide groups is 1. The first-order valence-electron chi connectivity index (χ1n) is 7.52. The quantitative estimate of drug-likeness (QED) is 0.853. The van der Waals surface area contributed by atoms with Crippen LogP contribution in [-0.4, -0.2) is 34.7 Å². The van der Waals surface area contributed by atoms with Gasteiger partial charge in [0, 0.05) is 5.57 Å². The lowest BCUT2D eigenvalue weighted by molar-refractivity contribution is -0.126. The number of cyclic esters (lactones) is 1. The third-order valence-electron chi connectivity index (χ3n) is 3.91. The molecule has 6 nitrogen and oxygen atoms in total. The maximum Gasteiger partial charge on any atom is 0.417 e. The van der Waals surface area contributed by atoms with E-state index in [2.05, 4.69) is 6.58 Å². The highest BCUT2D eigenvalue weighted by Crippen LogP contribution is 2.26. The Morgan fingerprint density at radius 3 is 2.71 bits per heavy atom. The van der Waals surface area contributed by atoms with Gasteiger partial charge in [-0.3, -0.25) is 4.79 Å². The number of benzene rings is 1. The number of hydrogen-bond acceptors (Lipinski definition) is 5. The average molecular weight is 327 g/mol. The van der Waals surface area contributed by atoms with Crippen LogP contribution in [0.3, 0.4) is 0 Å². The van der Waals surface area contributed by atoms with Gasteiger partial charge in [0.15, 0.2) is 0 Å². The van der Waals surface area contributed by atoms with Gasteiger partial charge in [0.1, 0.15) is 18.5 Å². The van der Waals surface area contributed by atoms with E-state index >= 15 is 0 Å². The summed E-state index contributed by atoms with van der Waals surface area (Å²) in [5.41, 5.74) is 0.845. The number of amides is 2. The van der Waals surface area contributed by atoms with E-state index in [1.54, 1.807) is 6.07 Å². The fourth-order valence-electron chi connectivity index (χ4n) is 2.64. The highest BCUT2D eigenvalue weighted by atomic mass is 16.6. The Balaban J connectivity index is 1.76. The lowest BCUT2D eigenvalue weighted by Gasteiger charge is -2.22. The van der Waals surface area contributed by atoms with Crippen LogP contribution in [0.25, 0.3) is 0 Å². The summed E-state index contributed by atoms with van der Waals surface area (Å²) in [6.45, 7) is 3.74. The van der Waals surface area contributed by atoms with Crippen molar-refractivity contribution in [2.45, 2.75) is 18.6 Å². The zero-order valence-electron chi connectivity index (χ0n) is 12.9. The molecule has 1 aromatic carbocycles. The van der Waals surface area contributed by atoms with Gasteiger partial charge < -0.3 is 14.3 Å². The van der Waals surface area contributed by atoms with E-state index in [1.165, 1.54) is 12.3 Å². The number of ether oxygens (including phenoxy) is 1. The maximum absolute atomic E-state index is 12.6. The van der Waals surface area contributed by atoms with E-state index in [4.69, 9.17) is 9.15 Å². The van der Waals surface area contributed by atoms with Crippen molar-refractivity contribution in [2.75, 3.05) is 6.61 Å². The van der Waals surface area contributed by atoms with Crippen LogP contribution in [0.2, 0.25) is 0 Å². The fourth-order valence-corrected chi connectivity index (χ4v) is 2.64.